The SMILES string of the molecule is Cc1ccc(-c2ccc(C(=O)NCCCN3CCOCC3)c(=O)[nH]2)cc1. The standard InChI is InChI=1S/C20H25N3O3/c1-15-3-5-16(6-4-15)18-8-7-17(20(25)22-18)19(24)21-9-2-10-23-11-13-26-14-12-23/h3-8H,2,9-14H2,1H3,(H,21,24)(H,22,25). The number of nitrogens with zero attached hydrogens (tertiary/aromatic N) is 1. The molecule has 2 N–H and O–H groups in total. The van der Waals surface area contributed by atoms with Crippen molar-refractivity contribution in [3.05, 3.63) is 57.9 Å². The van der Waals surface area contributed by atoms with Crippen molar-refractivity contribution in [1.82, 2.24) is 15.2 Å². The molecule has 1 aliphatic heterocycles. The Kier molecular flexibility index (Phi) is 6.20. The number of nitrogens with one attached hydrogen (secondary N) is 2. The molecule has 0 saturated carbocycles. The van der Waals surface area contributed by atoms with E-state index in [9.17, 15) is 9.59 Å². The first-order valence-electron chi connectivity index (χ1n) is 9.02. The van der Waals surface area contributed by atoms with E-state index in [1.165, 1.54) is 0 Å². The topological polar surface area (TPSA) is 74.4 Å². The quantitative estimate of drug-likeness (QED) is 0.775. The Morgan fingerprint density at radius 1 is 1.15 bits per heavy atom. The molecule has 1 saturated heterocycles. The lowest BCUT2D eigenvalue weighted by molar-refractivity contribution is 0.0374. The summed E-state index contributed by atoms with van der Waals surface area (Å²) >= 11 is 0. The van der Waals surface area contributed by atoms with Crippen LogP contribution in [-0.4, -0.2) is 55.2 Å². The summed E-state index contributed by atoms with van der Waals surface area (Å²) in [6, 6.07) is 11.2. The van der Waals surface area contributed by atoms with Crippen LogP contribution < -0.4 is 10.9 Å². The number of rotatable bonds is 6. The van der Waals surface area contributed by atoms with Crippen molar-refractivity contribution in [2.75, 3.05) is 39.4 Å². The molecule has 1 aromatic heterocycles. The van der Waals surface area contributed by atoms with E-state index in [2.05, 4.69) is 15.2 Å². The zero-order valence-electron chi connectivity index (χ0n) is 15.1. The third-order valence-electron chi connectivity index (χ3n) is 4.56. The van der Waals surface area contributed by atoms with Crippen LogP contribution in [0.3, 0.4) is 0 Å². The van der Waals surface area contributed by atoms with E-state index in [0.29, 0.717) is 12.2 Å². The number of aromatic amines is 1. The van der Waals surface area contributed by atoms with Gasteiger partial charge in [0, 0.05) is 25.3 Å². The smallest absolute Gasteiger partial charge is 0.261 e. The van der Waals surface area contributed by atoms with E-state index in [-0.39, 0.29) is 17.0 Å². The number of carbonyl (C=O) groups excluding carboxylic acids is 1. The lowest BCUT2D eigenvalue weighted by Crippen LogP contribution is -2.38. The van der Waals surface area contributed by atoms with Gasteiger partial charge in [0.15, 0.2) is 0 Å². The van der Waals surface area contributed by atoms with E-state index in [1.54, 1.807) is 12.1 Å². The number of amides is 1. The Hall–Kier alpha value is -2.44. The van der Waals surface area contributed by atoms with Gasteiger partial charge in [-0.1, -0.05) is 29.8 Å². The van der Waals surface area contributed by atoms with E-state index in [4.69, 9.17) is 4.74 Å². The molecule has 0 atom stereocenters. The molecular formula is C20H25N3O3. The Balaban J connectivity index is 1.54. The molecule has 6 heteroatoms. The van der Waals surface area contributed by atoms with Crippen LogP contribution in [0.2, 0.25) is 0 Å². The minimum atomic E-state index is -0.367. The van der Waals surface area contributed by atoms with Gasteiger partial charge in [-0.2, -0.15) is 0 Å². The highest BCUT2D eigenvalue weighted by Gasteiger charge is 2.12. The molecule has 0 radical (unpaired) electrons. The van der Waals surface area contributed by atoms with Crippen LogP contribution >= 0.6 is 0 Å². The van der Waals surface area contributed by atoms with Crippen molar-refractivity contribution >= 4 is 5.91 Å². The zero-order valence-corrected chi connectivity index (χ0v) is 15.1. The number of aryl methyl sites for hydroxylation is 1. The number of pyridine rings is 1. The van der Waals surface area contributed by atoms with E-state index >= 15 is 0 Å². The molecule has 1 fully saturated rings. The van der Waals surface area contributed by atoms with E-state index in [0.717, 1.165) is 50.4 Å². The Morgan fingerprint density at radius 2 is 1.88 bits per heavy atom. The van der Waals surface area contributed by atoms with Gasteiger partial charge < -0.3 is 15.0 Å². The summed E-state index contributed by atoms with van der Waals surface area (Å²) < 4.78 is 5.31. The number of H-pyrrole nitrogens is 1. The molecule has 2 aromatic rings. The van der Waals surface area contributed by atoms with Crippen LogP contribution in [0.25, 0.3) is 11.3 Å². The van der Waals surface area contributed by atoms with Crippen LogP contribution in [0.4, 0.5) is 0 Å². The number of hydrogen-bond acceptors (Lipinski definition) is 4. The summed E-state index contributed by atoms with van der Waals surface area (Å²) in [5, 5.41) is 2.83. The first kappa shape index (κ1) is 18.4. The summed E-state index contributed by atoms with van der Waals surface area (Å²) in [5.74, 6) is -0.330. The number of benzene rings is 1. The predicted octanol–water partition coefficient (Wildman–Crippen LogP) is 1.80. The summed E-state index contributed by atoms with van der Waals surface area (Å²) in [4.78, 5) is 29.6. The van der Waals surface area contributed by atoms with Crippen molar-refractivity contribution in [2.45, 2.75) is 13.3 Å². The molecule has 26 heavy (non-hydrogen) atoms. The zero-order chi connectivity index (χ0) is 18.4. The molecule has 0 spiro atoms. The summed E-state index contributed by atoms with van der Waals surface area (Å²) in [7, 11) is 0. The highest BCUT2D eigenvalue weighted by atomic mass is 16.5. The molecule has 1 aromatic carbocycles. The average molecular weight is 355 g/mol. The van der Waals surface area contributed by atoms with Gasteiger partial charge in [-0.15, -0.1) is 0 Å². The van der Waals surface area contributed by atoms with Crippen molar-refractivity contribution in [3.8, 4) is 11.3 Å². The fraction of sp³-hybridized carbons (Fsp3) is 0.400. The lowest BCUT2D eigenvalue weighted by atomic mass is 10.1. The third-order valence-corrected chi connectivity index (χ3v) is 4.56. The number of hydrogen-bond donors (Lipinski definition) is 2. The maximum atomic E-state index is 12.3. The predicted molar refractivity (Wildman–Crippen MR) is 101 cm³/mol. The van der Waals surface area contributed by atoms with Gasteiger partial charge in [-0.3, -0.25) is 14.5 Å². The molecule has 6 nitrogen and oxygen atoms in total. The molecular weight excluding hydrogens is 330 g/mol. The lowest BCUT2D eigenvalue weighted by Gasteiger charge is -2.26. The molecule has 0 bridgehead atoms. The first-order chi connectivity index (χ1) is 12.6. The summed E-state index contributed by atoms with van der Waals surface area (Å²) in [6.07, 6.45) is 0.852. The maximum absolute atomic E-state index is 12.3. The second-order valence-electron chi connectivity index (χ2n) is 6.54. The van der Waals surface area contributed by atoms with Gasteiger partial charge in [0.05, 0.1) is 13.2 Å². The van der Waals surface area contributed by atoms with E-state index < -0.39 is 0 Å². The molecule has 2 heterocycles. The second kappa shape index (κ2) is 8.78. The molecule has 138 valence electrons. The van der Waals surface area contributed by atoms with Crippen molar-refractivity contribution in [2.24, 2.45) is 0 Å². The number of morpholine rings is 1. The number of carbonyl (C=O) groups is 1. The average Bonchev–Trinajstić information content (AvgIpc) is 2.66. The van der Waals surface area contributed by atoms with Crippen molar-refractivity contribution in [1.29, 1.82) is 0 Å². The van der Waals surface area contributed by atoms with Crippen LogP contribution in [0, 0.1) is 6.92 Å². The fourth-order valence-corrected chi connectivity index (χ4v) is 2.98. The molecule has 1 aliphatic rings. The second-order valence-corrected chi connectivity index (χ2v) is 6.54. The monoisotopic (exact) mass is 355 g/mol. The van der Waals surface area contributed by atoms with Gasteiger partial charge in [-0.05, 0) is 37.6 Å². The first-order valence-corrected chi connectivity index (χ1v) is 9.02. The van der Waals surface area contributed by atoms with Crippen molar-refractivity contribution in [3.63, 3.8) is 0 Å². The Bertz CT molecular complexity index is 793. The van der Waals surface area contributed by atoms with Gasteiger partial charge in [0.25, 0.3) is 11.5 Å². The summed E-state index contributed by atoms with van der Waals surface area (Å²) in [5.41, 5.74) is 2.56. The van der Waals surface area contributed by atoms with Crippen molar-refractivity contribution < 1.29 is 9.53 Å². The van der Waals surface area contributed by atoms with Crippen LogP contribution in [-0.2, 0) is 4.74 Å². The molecule has 0 unspecified atom stereocenters. The van der Waals surface area contributed by atoms with Gasteiger partial charge >= 0.3 is 0 Å². The number of ether oxygens (including phenoxy) is 1. The normalized spacial score (nSPS) is 15.0. The summed E-state index contributed by atoms with van der Waals surface area (Å²) in [6.45, 7) is 6.91. The minimum Gasteiger partial charge on any atom is -0.379 e. The Morgan fingerprint density at radius 3 is 2.58 bits per heavy atom. The highest BCUT2D eigenvalue weighted by molar-refractivity contribution is 5.94. The van der Waals surface area contributed by atoms with Crippen LogP contribution in [0.5, 0.6) is 0 Å². The number of aromatic nitrogens is 1. The maximum Gasteiger partial charge on any atom is 0.261 e. The molecule has 3 rings (SSSR count). The van der Waals surface area contributed by atoms with Crippen LogP contribution in [0.15, 0.2) is 41.2 Å². The van der Waals surface area contributed by atoms with Crippen LogP contribution in [0.1, 0.15) is 22.3 Å². The van der Waals surface area contributed by atoms with E-state index in [1.807, 2.05) is 31.2 Å². The molecule has 0 aliphatic carbocycles. The highest BCUT2D eigenvalue weighted by Crippen LogP contribution is 2.16. The largest absolute Gasteiger partial charge is 0.379 e. The minimum absolute atomic E-state index is 0.146. The van der Waals surface area contributed by atoms with Gasteiger partial charge in [0.1, 0.15) is 5.56 Å². The molecule has 1 amide bonds. The van der Waals surface area contributed by atoms with Gasteiger partial charge in [0.2, 0.25) is 0 Å². The fourth-order valence-electron chi connectivity index (χ4n) is 2.98. The Labute approximate surface area is 153 Å². The van der Waals surface area contributed by atoms with Gasteiger partial charge in [-0.25, -0.2) is 0 Å². The third kappa shape index (κ3) is 4.80.